The number of amides is 8. The number of anilines is 1. The normalized spacial score (nSPS) is 13.7. The van der Waals surface area contributed by atoms with Gasteiger partial charge in [-0.25, -0.2) is 4.90 Å². The summed E-state index contributed by atoms with van der Waals surface area (Å²) in [4.78, 5) is 146. The lowest BCUT2D eigenvalue weighted by atomic mass is 9.92. The van der Waals surface area contributed by atoms with Gasteiger partial charge in [0.25, 0.3) is 64.3 Å². The van der Waals surface area contributed by atoms with Crippen LogP contribution < -0.4 is 26.2 Å². The van der Waals surface area contributed by atoms with E-state index in [4.69, 9.17) is 0 Å². The van der Waals surface area contributed by atoms with Gasteiger partial charge in [-0.1, -0.05) is 36.4 Å². The molecule has 3 heterocycles. The van der Waals surface area contributed by atoms with Crippen LogP contribution in [0.15, 0.2) is 109 Å². The fraction of sp³-hybridized carbons (Fsp3) is 0.214. The lowest BCUT2D eigenvalue weighted by molar-refractivity contribution is -0.384. The van der Waals surface area contributed by atoms with Crippen LogP contribution in [0.1, 0.15) is 109 Å². The maximum absolute atomic E-state index is 14.2. The van der Waals surface area contributed by atoms with Crippen molar-refractivity contribution in [2.24, 2.45) is 0 Å². The summed E-state index contributed by atoms with van der Waals surface area (Å²) < 4.78 is 0. The molecule has 0 atom stereocenters. The number of nitro groups is 3. The average Bonchev–Trinajstić information content (AvgIpc) is 3.45. The molecule has 80 heavy (non-hydrogen) atoms. The predicted octanol–water partition coefficient (Wildman–Crippen LogP) is 6.46. The summed E-state index contributed by atoms with van der Waals surface area (Å²) in [5.74, 6) is -5.30. The van der Waals surface area contributed by atoms with E-state index in [1.54, 1.807) is 42.5 Å². The lowest BCUT2D eigenvalue weighted by Crippen LogP contribution is -2.41. The molecule has 3 aliphatic heterocycles. The van der Waals surface area contributed by atoms with E-state index < -0.39 is 62.0 Å². The Kier molecular flexibility index (Phi) is 14.7. The molecule has 404 valence electrons. The van der Waals surface area contributed by atoms with Crippen LogP contribution in [-0.2, 0) is 0 Å². The van der Waals surface area contributed by atoms with Crippen molar-refractivity contribution in [3.63, 3.8) is 0 Å². The van der Waals surface area contributed by atoms with Crippen LogP contribution in [0.25, 0.3) is 32.3 Å². The largest absolute Gasteiger partial charge is 0.352 e. The predicted molar refractivity (Wildman–Crippen MR) is 289 cm³/mol. The molecule has 0 fully saturated rings. The number of nitrogens with one attached hydrogen (secondary N) is 4. The van der Waals surface area contributed by atoms with E-state index in [2.05, 4.69) is 21.3 Å². The standard InChI is InChI=1S/C56H46N10O14/c67-49(59-18-4-14-57-16-6-20-61-51(69)40-11-1-8-31-23-37(64(75)76)28-43(46(31)40)53(61)71)34-22-35(27-36(26-34)63-55(73)42-13-3-10-33-25-39(66(79)80)30-45(48(33)42)56(63)74)50(68)60-19-5-15-58-17-7-21-62-52(70)41-12-2-9-32-24-38(65(77)78)29-44(47(32)41)54(62)72/h1-3,8-13,22-30,57-58H,4-7,14-21H2,(H,59,67)(H,60,68). The average molecular weight is 1080 g/mol. The minimum absolute atomic E-state index is 0.0316. The Labute approximate surface area is 452 Å². The molecule has 24 heteroatoms. The van der Waals surface area contributed by atoms with Gasteiger partial charge in [-0.15, -0.1) is 0 Å². The Bertz CT molecular complexity index is 3720. The Morgan fingerprint density at radius 1 is 0.400 bits per heavy atom. The fourth-order valence-electron chi connectivity index (χ4n) is 10.3. The van der Waals surface area contributed by atoms with Gasteiger partial charge in [0.05, 0.1) is 37.1 Å². The van der Waals surface area contributed by atoms with E-state index >= 15 is 0 Å². The summed E-state index contributed by atoms with van der Waals surface area (Å²) in [7, 11) is 0. The van der Waals surface area contributed by atoms with Crippen LogP contribution in [0.3, 0.4) is 0 Å². The second kappa shape index (κ2) is 22.0. The van der Waals surface area contributed by atoms with Crippen molar-refractivity contribution in [3.05, 3.63) is 184 Å². The van der Waals surface area contributed by atoms with Gasteiger partial charge >= 0.3 is 0 Å². The molecule has 7 aromatic rings. The van der Waals surface area contributed by atoms with E-state index in [1.165, 1.54) is 60.7 Å². The van der Waals surface area contributed by atoms with Crippen LogP contribution >= 0.6 is 0 Å². The fourth-order valence-corrected chi connectivity index (χ4v) is 10.3. The molecular weight excluding hydrogens is 1040 g/mol. The lowest BCUT2D eigenvalue weighted by Gasteiger charge is -2.27. The number of carbonyl (C=O) groups is 8. The number of non-ortho nitro benzene ring substituents is 3. The number of nitrogens with zero attached hydrogens (tertiary/aromatic N) is 6. The van der Waals surface area contributed by atoms with Crippen molar-refractivity contribution in [2.75, 3.05) is 57.3 Å². The molecule has 24 nitrogen and oxygen atoms in total. The monoisotopic (exact) mass is 1080 g/mol. The summed E-state index contributed by atoms with van der Waals surface area (Å²) in [6, 6.07) is 25.2. The number of carbonyl (C=O) groups excluding carboxylic acids is 8. The molecule has 10 rings (SSSR count). The van der Waals surface area contributed by atoms with Crippen molar-refractivity contribution < 1.29 is 53.1 Å². The van der Waals surface area contributed by atoms with E-state index in [0.29, 0.717) is 78.8 Å². The van der Waals surface area contributed by atoms with Crippen LogP contribution in [0.2, 0.25) is 0 Å². The van der Waals surface area contributed by atoms with Crippen LogP contribution in [0.5, 0.6) is 0 Å². The zero-order valence-electron chi connectivity index (χ0n) is 42.3. The third-order valence-corrected chi connectivity index (χ3v) is 14.1. The first-order chi connectivity index (χ1) is 38.5. The molecule has 4 N–H and O–H groups in total. The van der Waals surface area contributed by atoms with Crippen molar-refractivity contribution in [3.8, 4) is 0 Å². The second-order valence-corrected chi connectivity index (χ2v) is 19.1. The van der Waals surface area contributed by atoms with Gasteiger partial charge in [-0.05, 0) is 104 Å². The van der Waals surface area contributed by atoms with Gasteiger partial charge in [0, 0.05) is 107 Å². The Balaban J connectivity index is 0.752. The molecule has 7 aromatic carbocycles. The summed E-state index contributed by atoms with van der Waals surface area (Å²) in [5.41, 5.74) is -0.618. The van der Waals surface area contributed by atoms with Crippen molar-refractivity contribution >= 4 is 102 Å². The summed E-state index contributed by atoms with van der Waals surface area (Å²) in [6.07, 6.45) is 1.47. The molecular formula is C56H46N10O14. The highest BCUT2D eigenvalue weighted by Crippen LogP contribution is 2.38. The molecule has 0 aromatic heterocycles. The zero-order chi connectivity index (χ0) is 56.5. The molecule has 0 unspecified atom stereocenters. The van der Waals surface area contributed by atoms with E-state index in [1.807, 2.05) is 0 Å². The van der Waals surface area contributed by atoms with Crippen LogP contribution in [0, 0.1) is 30.3 Å². The van der Waals surface area contributed by atoms with Gasteiger partial charge in [0.15, 0.2) is 0 Å². The first kappa shape index (κ1) is 53.2. The summed E-state index contributed by atoms with van der Waals surface area (Å²) >= 11 is 0. The minimum atomic E-state index is -0.913. The van der Waals surface area contributed by atoms with Gasteiger partial charge in [-0.2, -0.15) is 0 Å². The number of imide groups is 3. The molecule has 0 spiro atoms. The van der Waals surface area contributed by atoms with Crippen LogP contribution in [0.4, 0.5) is 22.7 Å². The maximum Gasteiger partial charge on any atom is 0.270 e. The van der Waals surface area contributed by atoms with E-state index in [9.17, 15) is 68.7 Å². The van der Waals surface area contributed by atoms with Crippen molar-refractivity contribution in [1.29, 1.82) is 0 Å². The molecule has 0 bridgehead atoms. The van der Waals surface area contributed by atoms with Gasteiger partial charge in [0.1, 0.15) is 0 Å². The summed E-state index contributed by atoms with van der Waals surface area (Å²) in [6.45, 7) is 1.78. The van der Waals surface area contributed by atoms with Gasteiger partial charge in [-0.3, -0.25) is 78.5 Å². The molecule has 0 aliphatic carbocycles. The number of hydrogen-bond donors (Lipinski definition) is 4. The number of nitro benzene ring substituents is 3. The molecule has 0 radical (unpaired) electrons. The SMILES string of the molecule is O=C(NCCCNCCCN1C(=O)c2cccc3cc([N+](=O)[O-])cc(c23)C1=O)c1cc(C(=O)NCCCNCCCN2C(=O)c3cccc4cc([N+](=O)[O-])cc(c34)C2=O)cc(N2C(=O)c3cccc4cc([N+](=O)[O-])cc(c34)C2=O)c1. The molecule has 3 aliphatic rings. The maximum atomic E-state index is 14.2. The van der Waals surface area contributed by atoms with Gasteiger partial charge < -0.3 is 21.3 Å². The highest BCUT2D eigenvalue weighted by Gasteiger charge is 2.38. The molecule has 8 amide bonds. The molecule has 0 saturated carbocycles. The third-order valence-electron chi connectivity index (χ3n) is 14.1. The quantitative estimate of drug-likeness (QED) is 0.0245. The van der Waals surface area contributed by atoms with Crippen molar-refractivity contribution in [2.45, 2.75) is 25.7 Å². The first-order valence-corrected chi connectivity index (χ1v) is 25.4. The first-order valence-electron chi connectivity index (χ1n) is 25.4. The number of rotatable bonds is 22. The Morgan fingerprint density at radius 3 is 1.12 bits per heavy atom. The second-order valence-electron chi connectivity index (χ2n) is 19.1. The molecule has 0 saturated heterocycles. The Morgan fingerprint density at radius 2 is 0.738 bits per heavy atom. The summed E-state index contributed by atoms with van der Waals surface area (Å²) in [5, 5.41) is 49.1. The Hall–Kier alpha value is -10.2. The van der Waals surface area contributed by atoms with E-state index in [0.717, 1.165) is 20.8 Å². The topological polar surface area (TPSA) is 324 Å². The zero-order valence-corrected chi connectivity index (χ0v) is 42.3. The number of hydrogen-bond acceptors (Lipinski definition) is 16. The van der Waals surface area contributed by atoms with Crippen LogP contribution in [-0.4, -0.2) is 124 Å². The van der Waals surface area contributed by atoms with E-state index in [-0.39, 0.29) is 98.8 Å². The minimum Gasteiger partial charge on any atom is -0.352 e. The highest BCUT2D eigenvalue weighted by atomic mass is 16.6. The number of benzene rings is 7. The smallest absolute Gasteiger partial charge is 0.270 e. The highest BCUT2D eigenvalue weighted by molar-refractivity contribution is 6.36. The third kappa shape index (κ3) is 10.0. The van der Waals surface area contributed by atoms with Crippen molar-refractivity contribution in [1.82, 2.24) is 31.1 Å². The van der Waals surface area contributed by atoms with Gasteiger partial charge in [0.2, 0.25) is 0 Å².